The zero-order chi connectivity index (χ0) is 17.2. The normalized spacial score (nSPS) is 11.2. The number of hydrogen-bond donors (Lipinski definition) is 1. The first-order valence-electron chi connectivity index (χ1n) is 6.68. The predicted molar refractivity (Wildman–Crippen MR) is 82.9 cm³/mol. The summed E-state index contributed by atoms with van der Waals surface area (Å²) >= 11 is 0. The van der Waals surface area contributed by atoms with Crippen LogP contribution in [0.5, 0.6) is 5.75 Å². The Hall–Kier alpha value is -3.01. The maximum Gasteiger partial charge on any atom is 0.266 e. The van der Waals surface area contributed by atoms with Gasteiger partial charge in [-0.1, -0.05) is 0 Å². The zero-order valence-electron chi connectivity index (χ0n) is 12.4. The molecule has 0 amide bonds. The Balaban J connectivity index is 1.96. The van der Waals surface area contributed by atoms with Gasteiger partial charge in [-0.25, -0.2) is 27.5 Å². The molecule has 124 valence electrons. The van der Waals surface area contributed by atoms with Crippen LogP contribution >= 0.6 is 0 Å². The standard InChI is InChI=1S/C14H12FN5O3S/c1-23-11-4-3-10(15)7-12(11)24(21,22)19-13-8-14(17-9-16-13)20-6-2-5-18-20/h2-9H,1H3,(H,16,17,19). The van der Waals surface area contributed by atoms with E-state index >= 15 is 0 Å². The largest absolute Gasteiger partial charge is 0.495 e. The Morgan fingerprint density at radius 2 is 2.08 bits per heavy atom. The minimum atomic E-state index is -4.10. The van der Waals surface area contributed by atoms with Crippen LogP contribution in [0.15, 0.2) is 53.9 Å². The first-order chi connectivity index (χ1) is 11.5. The average Bonchev–Trinajstić information content (AvgIpc) is 3.09. The van der Waals surface area contributed by atoms with E-state index in [1.54, 1.807) is 18.5 Å². The highest BCUT2D eigenvalue weighted by molar-refractivity contribution is 7.92. The van der Waals surface area contributed by atoms with E-state index < -0.39 is 15.8 Å². The second-order valence-corrected chi connectivity index (χ2v) is 6.26. The molecule has 0 saturated heterocycles. The number of nitrogens with one attached hydrogen (secondary N) is 1. The smallest absolute Gasteiger partial charge is 0.266 e. The minimum absolute atomic E-state index is 0.0156. The van der Waals surface area contributed by atoms with E-state index in [-0.39, 0.29) is 16.5 Å². The lowest BCUT2D eigenvalue weighted by molar-refractivity contribution is 0.401. The third kappa shape index (κ3) is 3.18. The molecule has 1 aromatic carbocycles. The molecule has 2 aromatic heterocycles. The first kappa shape index (κ1) is 15.9. The predicted octanol–water partition coefficient (Wildman–Crippen LogP) is 1.61. The van der Waals surface area contributed by atoms with Crippen molar-refractivity contribution in [2.24, 2.45) is 0 Å². The second kappa shape index (κ2) is 6.24. The number of aromatic nitrogens is 4. The fraction of sp³-hybridized carbons (Fsp3) is 0.0714. The monoisotopic (exact) mass is 349 g/mol. The molecular formula is C14H12FN5O3S. The van der Waals surface area contributed by atoms with E-state index in [2.05, 4.69) is 19.8 Å². The number of halogens is 1. The molecule has 1 N–H and O–H groups in total. The maximum absolute atomic E-state index is 13.4. The lowest BCUT2D eigenvalue weighted by Crippen LogP contribution is -2.16. The number of sulfonamides is 1. The topological polar surface area (TPSA) is 99.0 Å². The van der Waals surface area contributed by atoms with Crippen molar-refractivity contribution in [1.29, 1.82) is 0 Å². The molecular weight excluding hydrogens is 337 g/mol. The molecule has 24 heavy (non-hydrogen) atoms. The summed E-state index contributed by atoms with van der Waals surface area (Å²) in [7, 11) is -2.80. The van der Waals surface area contributed by atoms with Crippen LogP contribution in [0.25, 0.3) is 5.82 Å². The van der Waals surface area contributed by atoms with E-state index in [4.69, 9.17) is 4.74 Å². The Kier molecular flexibility index (Phi) is 4.13. The highest BCUT2D eigenvalue weighted by Crippen LogP contribution is 2.26. The number of methoxy groups -OCH3 is 1. The van der Waals surface area contributed by atoms with Crippen molar-refractivity contribution in [3.05, 3.63) is 54.9 Å². The van der Waals surface area contributed by atoms with Gasteiger partial charge < -0.3 is 4.74 Å². The summed E-state index contributed by atoms with van der Waals surface area (Å²) in [5.74, 6) is -0.290. The average molecular weight is 349 g/mol. The summed E-state index contributed by atoms with van der Waals surface area (Å²) < 4.78 is 47.1. The van der Waals surface area contributed by atoms with Crippen molar-refractivity contribution < 1.29 is 17.5 Å². The summed E-state index contributed by atoms with van der Waals surface area (Å²) in [5, 5.41) is 4.00. The molecule has 0 spiro atoms. The molecule has 3 rings (SSSR count). The SMILES string of the molecule is COc1ccc(F)cc1S(=O)(=O)Nc1cc(-n2cccn2)ncn1. The zero-order valence-corrected chi connectivity index (χ0v) is 13.2. The molecule has 2 heterocycles. The molecule has 10 heteroatoms. The molecule has 0 unspecified atom stereocenters. The van der Waals surface area contributed by atoms with E-state index in [1.807, 2.05) is 0 Å². The molecule has 0 aliphatic carbocycles. The van der Waals surface area contributed by atoms with Gasteiger partial charge in [0.2, 0.25) is 0 Å². The molecule has 0 atom stereocenters. The Bertz CT molecular complexity index is 960. The number of rotatable bonds is 5. The quantitative estimate of drug-likeness (QED) is 0.751. The van der Waals surface area contributed by atoms with Gasteiger partial charge in [-0.3, -0.25) is 4.72 Å². The molecule has 0 aliphatic rings. The van der Waals surface area contributed by atoms with Crippen LogP contribution < -0.4 is 9.46 Å². The van der Waals surface area contributed by atoms with Crippen LogP contribution in [0, 0.1) is 5.82 Å². The first-order valence-corrected chi connectivity index (χ1v) is 8.16. The molecule has 3 aromatic rings. The van der Waals surface area contributed by atoms with Crippen LogP contribution in [0.3, 0.4) is 0 Å². The van der Waals surface area contributed by atoms with Crippen molar-refractivity contribution in [3.63, 3.8) is 0 Å². The molecule has 0 saturated carbocycles. The van der Waals surface area contributed by atoms with E-state index in [1.165, 1.54) is 30.3 Å². The fourth-order valence-corrected chi connectivity index (χ4v) is 3.17. The van der Waals surface area contributed by atoms with E-state index in [9.17, 15) is 12.8 Å². The van der Waals surface area contributed by atoms with Gasteiger partial charge in [0.1, 0.15) is 28.6 Å². The van der Waals surface area contributed by atoms with Crippen molar-refractivity contribution in [2.75, 3.05) is 11.8 Å². The molecule has 0 radical (unpaired) electrons. The van der Waals surface area contributed by atoms with Crippen LogP contribution in [0.1, 0.15) is 0 Å². The number of benzene rings is 1. The number of anilines is 1. The lowest BCUT2D eigenvalue weighted by atomic mass is 10.3. The number of hydrogen-bond acceptors (Lipinski definition) is 6. The van der Waals surface area contributed by atoms with Gasteiger partial charge in [-0.15, -0.1) is 0 Å². The van der Waals surface area contributed by atoms with Crippen molar-refractivity contribution >= 4 is 15.8 Å². The summed E-state index contributed by atoms with van der Waals surface area (Å²) in [6.07, 6.45) is 4.40. The molecule has 0 aliphatic heterocycles. The van der Waals surface area contributed by atoms with Gasteiger partial charge >= 0.3 is 0 Å². The minimum Gasteiger partial charge on any atom is -0.495 e. The van der Waals surface area contributed by atoms with Crippen molar-refractivity contribution in [1.82, 2.24) is 19.7 Å². The van der Waals surface area contributed by atoms with Crippen LogP contribution in [-0.4, -0.2) is 35.3 Å². The Morgan fingerprint density at radius 3 is 2.79 bits per heavy atom. The molecule has 0 fully saturated rings. The van der Waals surface area contributed by atoms with Crippen molar-refractivity contribution in [2.45, 2.75) is 4.90 Å². The summed E-state index contributed by atoms with van der Waals surface area (Å²) in [5.41, 5.74) is 0. The number of ether oxygens (including phenoxy) is 1. The summed E-state index contributed by atoms with van der Waals surface area (Å²) in [4.78, 5) is 7.53. The van der Waals surface area contributed by atoms with Gasteiger partial charge in [0.25, 0.3) is 10.0 Å². The second-order valence-electron chi connectivity index (χ2n) is 4.61. The highest BCUT2D eigenvalue weighted by atomic mass is 32.2. The highest BCUT2D eigenvalue weighted by Gasteiger charge is 2.21. The van der Waals surface area contributed by atoms with Gasteiger partial charge in [0.05, 0.1) is 7.11 Å². The third-order valence-corrected chi connectivity index (χ3v) is 4.42. The van der Waals surface area contributed by atoms with E-state index in [0.29, 0.717) is 5.82 Å². The van der Waals surface area contributed by atoms with Gasteiger partial charge in [0.15, 0.2) is 5.82 Å². The van der Waals surface area contributed by atoms with Crippen molar-refractivity contribution in [3.8, 4) is 11.6 Å². The number of nitrogens with zero attached hydrogens (tertiary/aromatic N) is 4. The van der Waals surface area contributed by atoms with Crippen LogP contribution in [-0.2, 0) is 10.0 Å². The molecule has 0 bridgehead atoms. The summed E-state index contributed by atoms with van der Waals surface area (Å²) in [6, 6.07) is 6.31. The fourth-order valence-electron chi connectivity index (χ4n) is 1.99. The molecule has 8 nitrogen and oxygen atoms in total. The van der Waals surface area contributed by atoms with Crippen LogP contribution in [0.2, 0.25) is 0 Å². The Labute approximate surface area is 137 Å². The lowest BCUT2D eigenvalue weighted by Gasteiger charge is -2.11. The van der Waals surface area contributed by atoms with Gasteiger partial charge in [-0.05, 0) is 24.3 Å². The Morgan fingerprint density at radius 1 is 1.25 bits per heavy atom. The van der Waals surface area contributed by atoms with Gasteiger partial charge in [0, 0.05) is 18.5 Å². The maximum atomic E-state index is 13.4. The van der Waals surface area contributed by atoms with Gasteiger partial charge in [-0.2, -0.15) is 5.10 Å². The van der Waals surface area contributed by atoms with E-state index in [0.717, 1.165) is 12.1 Å². The third-order valence-electron chi connectivity index (χ3n) is 3.05. The van der Waals surface area contributed by atoms with Crippen LogP contribution in [0.4, 0.5) is 10.2 Å². The summed E-state index contributed by atoms with van der Waals surface area (Å²) in [6.45, 7) is 0.